The van der Waals surface area contributed by atoms with Crippen LogP contribution in [0.4, 0.5) is 5.13 Å². The number of hydrogen-bond donors (Lipinski definition) is 1. The van der Waals surface area contributed by atoms with Gasteiger partial charge in [0.25, 0.3) is 0 Å². The number of carbonyl (C=O) groups is 1. The molecule has 1 amide bonds. The lowest BCUT2D eigenvalue weighted by molar-refractivity contribution is -0.115. The number of amides is 1. The van der Waals surface area contributed by atoms with Crippen molar-refractivity contribution in [3.63, 3.8) is 0 Å². The number of para-hydroxylation sites is 1. The molecule has 2 heterocycles. The van der Waals surface area contributed by atoms with Crippen LogP contribution in [-0.2, 0) is 17.8 Å². The lowest BCUT2D eigenvalue weighted by atomic mass is 10.0. The summed E-state index contributed by atoms with van der Waals surface area (Å²) in [5, 5.41) is 3.55. The summed E-state index contributed by atoms with van der Waals surface area (Å²) in [6.07, 6.45) is 0.343. The molecular weight excluding hydrogens is 344 g/mol. The number of nitrogens with zero attached hydrogens (tertiary/aromatic N) is 1. The summed E-state index contributed by atoms with van der Waals surface area (Å²) in [4.78, 5) is 18.0. The molecule has 3 aromatic rings. The third kappa shape index (κ3) is 3.35. The standard InChI is InChI=1S/C21H20N2O2S/c1-13(2)15-9-7-14(8-10-15)11-19(24)22-21-23-20-16-5-3-4-6-17(16)25-12-18(20)26-21/h3-10,13H,11-12H2,1-2H3,(H,22,23,24). The third-order valence-corrected chi connectivity index (χ3v) is 5.40. The van der Waals surface area contributed by atoms with Crippen molar-refractivity contribution in [2.45, 2.75) is 32.8 Å². The molecule has 0 bridgehead atoms. The van der Waals surface area contributed by atoms with Crippen LogP contribution in [0.5, 0.6) is 5.75 Å². The summed E-state index contributed by atoms with van der Waals surface area (Å²) in [5.74, 6) is 1.28. The second-order valence-electron chi connectivity index (χ2n) is 6.70. The average Bonchev–Trinajstić information content (AvgIpc) is 3.05. The Morgan fingerprint density at radius 1 is 1.19 bits per heavy atom. The highest BCUT2D eigenvalue weighted by atomic mass is 32.1. The van der Waals surface area contributed by atoms with Crippen molar-refractivity contribution in [1.29, 1.82) is 0 Å². The molecule has 1 N–H and O–H groups in total. The van der Waals surface area contributed by atoms with E-state index in [1.165, 1.54) is 16.9 Å². The molecule has 0 spiro atoms. The highest BCUT2D eigenvalue weighted by Gasteiger charge is 2.22. The monoisotopic (exact) mass is 364 g/mol. The van der Waals surface area contributed by atoms with E-state index in [2.05, 4.69) is 36.3 Å². The van der Waals surface area contributed by atoms with Gasteiger partial charge in [-0.25, -0.2) is 4.98 Å². The van der Waals surface area contributed by atoms with Crippen LogP contribution >= 0.6 is 11.3 Å². The molecule has 1 aliphatic heterocycles. The van der Waals surface area contributed by atoms with Crippen molar-refractivity contribution in [1.82, 2.24) is 4.98 Å². The maximum atomic E-state index is 12.4. The summed E-state index contributed by atoms with van der Waals surface area (Å²) >= 11 is 1.48. The van der Waals surface area contributed by atoms with Gasteiger partial charge in [-0.05, 0) is 29.2 Å². The molecule has 4 nitrogen and oxygen atoms in total. The highest BCUT2D eigenvalue weighted by molar-refractivity contribution is 7.16. The summed E-state index contributed by atoms with van der Waals surface area (Å²) < 4.78 is 5.75. The minimum absolute atomic E-state index is 0.0532. The first-order valence-corrected chi connectivity index (χ1v) is 9.52. The average molecular weight is 364 g/mol. The van der Waals surface area contributed by atoms with E-state index in [4.69, 9.17) is 4.74 Å². The molecule has 2 aromatic carbocycles. The van der Waals surface area contributed by atoms with Gasteiger partial charge in [0.2, 0.25) is 5.91 Å². The minimum Gasteiger partial charge on any atom is -0.487 e. The van der Waals surface area contributed by atoms with Crippen LogP contribution in [-0.4, -0.2) is 10.9 Å². The molecule has 0 atom stereocenters. The second-order valence-corrected chi connectivity index (χ2v) is 7.78. The van der Waals surface area contributed by atoms with Gasteiger partial charge in [0, 0.05) is 5.56 Å². The molecule has 132 valence electrons. The quantitative estimate of drug-likeness (QED) is 0.708. The van der Waals surface area contributed by atoms with Crippen molar-refractivity contribution in [2.24, 2.45) is 0 Å². The van der Waals surface area contributed by atoms with Crippen molar-refractivity contribution < 1.29 is 9.53 Å². The maximum Gasteiger partial charge on any atom is 0.230 e. The molecule has 0 saturated heterocycles. The number of anilines is 1. The fourth-order valence-corrected chi connectivity index (χ4v) is 3.92. The van der Waals surface area contributed by atoms with E-state index in [1.54, 1.807) is 0 Å². The maximum absolute atomic E-state index is 12.4. The number of nitrogens with one attached hydrogen (secondary N) is 1. The number of thiazole rings is 1. The Balaban J connectivity index is 1.47. The zero-order valence-electron chi connectivity index (χ0n) is 14.8. The lowest BCUT2D eigenvalue weighted by Crippen LogP contribution is -2.14. The largest absolute Gasteiger partial charge is 0.487 e. The molecule has 0 unspecified atom stereocenters. The van der Waals surface area contributed by atoms with Gasteiger partial charge in [-0.1, -0.05) is 61.6 Å². The van der Waals surface area contributed by atoms with E-state index >= 15 is 0 Å². The fourth-order valence-electron chi connectivity index (χ4n) is 3.01. The van der Waals surface area contributed by atoms with Gasteiger partial charge in [-0.2, -0.15) is 0 Å². The number of ether oxygens (including phenoxy) is 1. The molecule has 26 heavy (non-hydrogen) atoms. The molecule has 5 heteroatoms. The van der Waals surface area contributed by atoms with Crippen LogP contribution in [0.3, 0.4) is 0 Å². The molecule has 1 aromatic heterocycles. The van der Waals surface area contributed by atoms with Gasteiger partial charge in [0.1, 0.15) is 12.4 Å². The van der Waals surface area contributed by atoms with Crippen molar-refractivity contribution in [3.05, 3.63) is 64.5 Å². The van der Waals surface area contributed by atoms with E-state index < -0.39 is 0 Å². The van der Waals surface area contributed by atoms with Gasteiger partial charge >= 0.3 is 0 Å². The van der Waals surface area contributed by atoms with Gasteiger partial charge in [0.15, 0.2) is 5.13 Å². The number of fused-ring (bicyclic) bond motifs is 3. The molecule has 0 fully saturated rings. The van der Waals surface area contributed by atoms with Crippen molar-refractivity contribution in [2.75, 3.05) is 5.32 Å². The van der Waals surface area contributed by atoms with E-state index in [9.17, 15) is 4.79 Å². The lowest BCUT2D eigenvalue weighted by Gasteiger charge is -2.15. The van der Waals surface area contributed by atoms with Crippen LogP contribution in [0, 0.1) is 0 Å². The predicted molar refractivity (Wildman–Crippen MR) is 105 cm³/mol. The van der Waals surface area contributed by atoms with Crippen molar-refractivity contribution >= 4 is 22.4 Å². The van der Waals surface area contributed by atoms with Gasteiger partial charge < -0.3 is 10.1 Å². The first-order valence-electron chi connectivity index (χ1n) is 8.71. The smallest absolute Gasteiger partial charge is 0.230 e. The predicted octanol–water partition coefficient (Wildman–Crippen LogP) is 5.01. The number of hydrogen-bond acceptors (Lipinski definition) is 4. The summed E-state index contributed by atoms with van der Waals surface area (Å²) in [6.45, 7) is 4.82. The Morgan fingerprint density at radius 2 is 1.96 bits per heavy atom. The zero-order valence-corrected chi connectivity index (χ0v) is 15.6. The van der Waals surface area contributed by atoms with Crippen LogP contribution in [0.15, 0.2) is 48.5 Å². The molecule has 1 aliphatic rings. The molecule has 0 radical (unpaired) electrons. The van der Waals surface area contributed by atoms with Crippen LogP contribution < -0.4 is 10.1 Å². The normalized spacial score (nSPS) is 12.3. The van der Waals surface area contributed by atoms with Crippen LogP contribution in [0.2, 0.25) is 0 Å². The first kappa shape index (κ1) is 16.8. The second kappa shape index (κ2) is 6.92. The molecule has 0 saturated carbocycles. The Labute approximate surface area is 156 Å². The number of rotatable bonds is 4. The topological polar surface area (TPSA) is 51.2 Å². The highest BCUT2D eigenvalue weighted by Crippen LogP contribution is 2.40. The summed E-state index contributed by atoms with van der Waals surface area (Å²) in [5.41, 5.74) is 4.17. The minimum atomic E-state index is -0.0532. The first-order chi connectivity index (χ1) is 12.6. The molecule has 0 aliphatic carbocycles. The van der Waals surface area contributed by atoms with Gasteiger partial charge in [-0.15, -0.1) is 0 Å². The SMILES string of the molecule is CC(C)c1ccc(CC(=O)Nc2nc3c(s2)COc2ccccc2-3)cc1. The Bertz CT molecular complexity index is 945. The molecule has 4 rings (SSSR count). The number of aromatic nitrogens is 1. The van der Waals surface area contributed by atoms with Gasteiger partial charge in [-0.3, -0.25) is 4.79 Å². The third-order valence-electron chi connectivity index (χ3n) is 4.46. The summed E-state index contributed by atoms with van der Waals surface area (Å²) in [6, 6.07) is 16.1. The van der Waals surface area contributed by atoms with E-state index in [0.29, 0.717) is 24.1 Å². The van der Waals surface area contributed by atoms with E-state index in [0.717, 1.165) is 27.4 Å². The Kier molecular flexibility index (Phi) is 4.47. The number of benzene rings is 2. The van der Waals surface area contributed by atoms with E-state index in [1.807, 2.05) is 36.4 Å². The fraction of sp³-hybridized carbons (Fsp3) is 0.238. The summed E-state index contributed by atoms with van der Waals surface area (Å²) in [7, 11) is 0. The van der Waals surface area contributed by atoms with Crippen LogP contribution in [0.25, 0.3) is 11.3 Å². The number of carbonyl (C=O) groups excluding carboxylic acids is 1. The molecular formula is C21H20N2O2S. The zero-order chi connectivity index (χ0) is 18.1. The van der Waals surface area contributed by atoms with Crippen molar-refractivity contribution in [3.8, 4) is 17.0 Å². The van der Waals surface area contributed by atoms with E-state index in [-0.39, 0.29) is 5.91 Å². The van der Waals surface area contributed by atoms with Crippen LogP contribution in [0.1, 0.15) is 35.8 Å². The Hall–Kier alpha value is -2.66. The Morgan fingerprint density at radius 3 is 2.73 bits per heavy atom. The van der Waals surface area contributed by atoms with Gasteiger partial charge in [0.05, 0.1) is 17.0 Å².